The minimum atomic E-state index is -0.523. The zero-order chi connectivity index (χ0) is 33.1. The lowest BCUT2D eigenvalue weighted by Crippen LogP contribution is -2.37. The number of hydrogen-bond donors (Lipinski definition) is 0. The summed E-state index contributed by atoms with van der Waals surface area (Å²) < 4.78 is 13.5. The maximum Gasteiger partial charge on any atom is 0.331 e. The van der Waals surface area contributed by atoms with Crippen LogP contribution in [0.25, 0.3) is 28.0 Å². The molecule has 0 saturated heterocycles. The van der Waals surface area contributed by atoms with E-state index in [1.165, 1.54) is 5.69 Å². The summed E-state index contributed by atoms with van der Waals surface area (Å²) in [5.41, 5.74) is 5.62. The van der Waals surface area contributed by atoms with Gasteiger partial charge in [0.15, 0.2) is 11.5 Å². The summed E-state index contributed by atoms with van der Waals surface area (Å²) in [7, 11) is 1.62. The first-order chi connectivity index (χ1) is 22.1. The van der Waals surface area contributed by atoms with E-state index in [9.17, 15) is 4.79 Å². The van der Waals surface area contributed by atoms with E-state index in [0.717, 1.165) is 61.0 Å². The number of nitrogens with zero attached hydrogens (tertiary/aromatic N) is 5. The Morgan fingerprint density at radius 3 is 2.48 bits per heavy atom. The van der Waals surface area contributed by atoms with Crippen molar-refractivity contribution in [3.05, 3.63) is 75.4 Å². The summed E-state index contributed by atoms with van der Waals surface area (Å²) in [6.45, 7) is 25.2. The number of carbonyl (C=O) groups is 1. The molecule has 8 nitrogen and oxygen atoms in total. The van der Waals surface area contributed by atoms with E-state index in [2.05, 4.69) is 69.5 Å². The van der Waals surface area contributed by atoms with Crippen LogP contribution in [0, 0.1) is 38.2 Å². The zero-order valence-electron chi connectivity index (χ0n) is 28.6. The van der Waals surface area contributed by atoms with Crippen LogP contribution in [0.2, 0.25) is 0 Å². The van der Waals surface area contributed by atoms with Crippen LogP contribution in [0.4, 0.5) is 11.4 Å². The van der Waals surface area contributed by atoms with E-state index in [0.29, 0.717) is 28.5 Å². The highest BCUT2D eigenvalue weighted by molar-refractivity contribution is 6.03. The minimum absolute atomic E-state index is 0.163. The van der Waals surface area contributed by atoms with E-state index in [-0.39, 0.29) is 29.2 Å². The summed E-state index contributed by atoms with van der Waals surface area (Å²) in [5.74, 6) is 1.56. The van der Waals surface area contributed by atoms with E-state index >= 15 is 0 Å². The number of hydrogen-bond acceptors (Lipinski definition) is 6. The number of esters is 1. The second-order valence-corrected chi connectivity index (χ2v) is 13.1. The quantitative estimate of drug-likeness (QED) is 0.132. The Bertz CT molecular complexity index is 1810. The smallest absolute Gasteiger partial charge is 0.331 e. The molecule has 5 rings (SSSR count). The van der Waals surface area contributed by atoms with Crippen LogP contribution < -0.4 is 15.0 Å². The summed E-state index contributed by atoms with van der Waals surface area (Å²) >= 11 is 0. The maximum atomic E-state index is 14.1. The molecule has 46 heavy (non-hydrogen) atoms. The second kappa shape index (κ2) is 13.9. The highest BCUT2D eigenvalue weighted by Crippen LogP contribution is 2.37. The fraction of sp³-hybridized carbons (Fsp3) is 0.474. The Balaban J connectivity index is 1.68. The van der Waals surface area contributed by atoms with Gasteiger partial charge in [-0.25, -0.2) is 19.1 Å². The molecule has 0 bridgehead atoms. The topological polar surface area (TPSA) is 73.3 Å². The summed E-state index contributed by atoms with van der Waals surface area (Å²) in [5, 5.41) is 5.39. The molecule has 242 valence electrons. The molecule has 1 saturated carbocycles. The maximum absolute atomic E-state index is 14.1. The van der Waals surface area contributed by atoms with E-state index in [1.54, 1.807) is 11.6 Å². The lowest BCUT2D eigenvalue weighted by molar-refractivity contribution is -0.0249. The highest BCUT2D eigenvalue weighted by atomic mass is 16.5. The first-order valence-corrected chi connectivity index (χ1v) is 16.6. The van der Waals surface area contributed by atoms with Gasteiger partial charge in [-0.05, 0) is 99.3 Å². The van der Waals surface area contributed by atoms with Gasteiger partial charge in [0.1, 0.15) is 17.4 Å². The van der Waals surface area contributed by atoms with E-state index < -0.39 is 5.97 Å². The van der Waals surface area contributed by atoms with E-state index in [4.69, 9.17) is 26.1 Å². The summed E-state index contributed by atoms with van der Waals surface area (Å²) in [4.78, 5) is 25.2. The molecule has 2 aromatic carbocycles. The van der Waals surface area contributed by atoms with Crippen LogP contribution in [0.15, 0.2) is 36.4 Å². The molecule has 2 aromatic heterocycles. The number of unbranched alkanes of at least 4 members (excludes halogenated alkanes) is 1. The number of fused-ring (bicyclic) bond motifs is 1. The molecule has 2 heterocycles. The number of benzene rings is 2. The third-order valence-corrected chi connectivity index (χ3v) is 9.44. The van der Waals surface area contributed by atoms with Gasteiger partial charge in [-0.3, -0.25) is 0 Å². The number of rotatable bonds is 10. The number of carbonyl (C=O) groups excluding carboxylic acids is 1. The molecular formula is C38H47N5O3. The molecule has 1 aliphatic carbocycles. The van der Waals surface area contributed by atoms with Crippen molar-refractivity contribution in [2.75, 3.05) is 25.1 Å². The van der Waals surface area contributed by atoms with E-state index in [1.807, 2.05) is 31.2 Å². The lowest BCUT2D eigenvalue weighted by atomic mass is 9.75. The average Bonchev–Trinajstić information content (AvgIpc) is 3.57. The van der Waals surface area contributed by atoms with Gasteiger partial charge in [0, 0.05) is 18.8 Å². The van der Waals surface area contributed by atoms with Gasteiger partial charge in [0.2, 0.25) is 5.69 Å². The number of aryl methyl sites for hydroxylation is 2. The Morgan fingerprint density at radius 1 is 1.11 bits per heavy atom. The van der Waals surface area contributed by atoms with Crippen LogP contribution >= 0.6 is 0 Å². The van der Waals surface area contributed by atoms with Crippen LogP contribution in [0.5, 0.6) is 5.75 Å². The van der Waals surface area contributed by atoms with Gasteiger partial charge < -0.3 is 14.4 Å². The fourth-order valence-corrected chi connectivity index (χ4v) is 7.11. The Hall–Kier alpha value is -4.38. The van der Waals surface area contributed by atoms with Crippen LogP contribution in [-0.4, -0.2) is 46.9 Å². The molecule has 0 amide bonds. The van der Waals surface area contributed by atoms with Crippen LogP contribution in [0.1, 0.15) is 87.4 Å². The first kappa shape index (κ1) is 33.0. The third-order valence-electron chi connectivity index (χ3n) is 9.44. The molecule has 2 unspecified atom stereocenters. The van der Waals surface area contributed by atoms with Crippen molar-refractivity contribution in [2.24, 2.45) is 17.8 Å². The molecule has 0 N–H and O–H groups in total. The van der Waals surface area contributed by atoms with Crippen molar-refractivity contribution in [3.63, 3.8) is 0 Å². The Morgan fingerprint density at radius 2 is 1.85 bits per heavy atom. The first-order valence-electron chi connectivity index (χ1n) is 16.6. The Labute approximate surface area is 273 Å². The Kier molecular flexibility index (Phi) is 10.0. The number of aromatic nitrogens is 3. The molecule has 0 aliphatic heterocycles. The minimum Gasteiger partial charge on any atom is -0.496 e. The molecule has 8 heteroatoms. The molecule has 0 radical (unpaired) electrons. The highest BCUT2D eigenvalue weighted by Gasteiger charge is 2.36. The lowest BCUT2D eigenvalue weighted by Gasteiger charge is -2.37. The second-order valence-electron chi connectivity index (χ2n) is 13.1. The molecule has 4 aromatic rings. The van der Waals surface area contributed by atoms with Gasteiger partial charge in [0.05, 0.1) is 24.6 Å². The predicted molar refractivity (Wildman–Crippen MR) is 185 cm³/mol. The van der Waals surface area contributed by atoms with Gasteiger partial charge in [0.25, 0.3) is 0 Å². The van der Waals surface area contributed by atoms with Crippen molar-refractivity contribution < 1.29 is 14.3 Å². The SMILES string of the molecule is [C-]#[N+]c1c(C(=O)OC2C(C)CC(C)CC2C)c2nc(-c3cc(C)ccc3OC)nn2/c1=C/c1ccc(N(CC)CCCC)cc1C. The molecular weight excluding hydrogens is 574 g/mol. The molecule has 1 aliphatic rings. The van der Waals surface area contributed by atoms with Crippen molar-refractivity contribution in [1.82, 2.24) is 14.6 Å². The van der Waals surface area contributed by atoms with Crippen LogP contribution in [0.3, 0.4) is 0 Å². The predicted octanol–water partition coefficient (Wildman–Crippen LogP) is 7.97. The standard InChI is InChI=1S/C38H47N5O3/c1-10-12-17-42(11-2)29-15-14-28(25(5)21-29)22-31-34(39-8)33(38(44)46-35-26(6)18-24(4)19-27(35)7)37-40-36(41-43(31)37)30-20-23(3)13-16-32(30)45-9/h13-16,20-22,24,26-27,35H,10-12,17-19H2,1-7,9H3/b31-22+. The zero-order valence-corrected chi connectivity index (χ0v) is 28.6. The summed E-state index contributed by atoms with van der Waals surface area (Å²) in [6, 6.07) is 12.2. The van der Waals surface area contributed by atoms with Crippen molar-refractivity contribution in [1.29, 1.82) is 0 Å². The third kappa shape index (κ3) is 6.46. The van der Waals surface area contributed by atoms with Crippen molar-refractivity contribution in [3.8, 4) is 17.1 Å². The van der Waals surface area contributed by atoms with Crippen LogP contribution in [-0.2, 0) is 4.74 Å². The summed E-state index contributed by atoms with van der Waals surface area (Å²) in [6.07, 6.45) is 5.99. The average molecular weight is 622 g/mol. The van der Waals surface area contributed by atoms with Gasteiger partial charge in [-0.2, -0.15) is 0 Å². The van der Waals surface area contributed by atoms with Gasteiger partial charge in [-0.15, -0.1) is 5.10 Å². The monoisotopic (exact) mass is 621 g/mol. The molecule has 0 spiro atoms. The van der Waals surface area contributed by atoms with Gasteiger partial charge >= 0.3 is 5.97 Å². The fourth-order valence-electron chi connectivity index (χ4n) is 7.11. The largest absolute Gasteiger partial charge is 0.496 e. The molecule has 2 atom stereocenters. The number of ether oxygens (including phenoxy) is 2. The van der Waals surface area contributed by atoms with Crippen molar-refractivity contribution >= 4 is 29.1 Å². The molecule has 1 fully saturated rings. The number of anilines is 1. The number of methoxy groups -OCH3 is 1. The normalized spacial score (nSPS) is 20.1. The van der Waals surface area contributed by atoms with Crippen molar-refractivity contribution in [2.45, 2.75) is 80.3 Å². The van der Waals surface area contributed by atoms with Gasteiger partial charge in [-0.1, -0.05) is 51.8 Å².